The summed E-state index contributed by atoms with van der Waals surface area (Å²) in [5, 5.41) is 2.86. The highest BCUT2D eigenvalue weighted by molar-refractivity contribution is 5.93. The van der Waals surface area contributed by atoms with Crippen LogP contribution in [0.3, 0.4) is 0 Å². The van der Waals surface area contributed by atoms with Gasteiger partial charge in [0.25, 0.3) is 0 Å². The van der Waals surface area contributed by atoms with Gasteiger partial charge in [0.1, 0.15) is 12.1 Å². The number of carbonyl (C=O) groups excluding carboxylic acids is 3. The maximum absolute atomic E-state index is 13.1. The Hall–Kier alpha value is -1.59. The van der Waals surface area contributed by atoms with E-state index in [1.54, 1.807) is 18.7 Å². The van der Waals surface area contributed by atoms with Crippen molar-refractivity contribution in [2.24, 2.45) is 34.3 Å². The largest absolute Gasteiger partial charge is 0.368 e. The molecule has 1 aliphatic heterocycles. The number of likely N-dealkylation sites (tertiary alicyclic amines) is 1. The molecule has 136 valence electrons. The molecule has 6 nitrogen and oxygen atoms in total. The lowest BCUT2D eigenvalue weighted by Crippen LogP contribution is -2.59. The molecular weight excluding hydrogens is 306 g/mol. The second kappa shape index (κ2) is 5.74. The van der Waals surface area contributed by atoms with Crippen LogP contribution in [0.2, 0.25) is 0 Å². The average molecular weight is 337 g/mol. The first-order valence-corrected chi connectivity index (χ1v) is 8.70. The Morgan fingerprint density at radius 3 is 2.17 bits per heavy atom. The molecule has 0 aromatic rings. The highest BCUT2D eigenvalue weighted by atomic mass is 16.2. The molecule has 0 aromatic heterocycles. The van der Waals surface area contributed by atoms with Crippen LogP contribution in [0.5, 0.6) is 0 Å². The number of hydrogen-bond acceptors (Lipinski definition) is 3. The van der Waals surface area contributed by atoms with Gasteiger partial charge in [-0.25, -0.2) is 0 Å². The fraction of sp³-hybridized carbons (Fsp3) is 0.833. The molecule has 3 amide bonds. The molecule has 1 saturated carbocycles. The van der Waals surface area contributed by atoms with E-state index >= 15 is 0 Å². The van der Waals surface area contributed by atoms with E-state index in [2.05, 4.69) is 19.2 Å². The summed E-state index contributed by atoms with van der Waals surface area (Å²) in [6, 6.07) is -1.24. The normalized spacial score (nSPS) is 29.2. The van der Waals surface area contributed by atoms with E-state index in [4.69, 9.17) is 5.73 Å². The van der Waals surface area contributed by atoms with E-state index in [1.165, 1.54) is 0 Å². The van der Waals surface area contributed by atoms with Crippen molar-refractivity contribution in [1.29, 1.82) is 0 Å². The van der Waals surface area contributed by atoms with E-state index in [0.717, 1.165) is 0 Å². The van der Waals surface area contributed by atoms with Crippen molar-refractivity contribution in [3.63, 3.8) is 0 Å². The van der Waals surface area contributed by atoms with Crippen molar-refractivity contribution in [2.75, 3.05) is 6.54 Å². The molecule has 4 atom stereocenters. The molecular formula is C18H31N3O3. The Labute approximate surface area is 144 Å². The van der Waals surface area contributed by atoms with Crippen molar-refractivity contribution < 1.29 is 14.4 Å². The Bertz CT molecular complexity index is 562. The van der Waals surface area contributed by atoms with Crippen LogP contribution in [-0.4, -0.2) is 41.2 Å². The minimum absolute atomic E-state index is 0.0505. The predicted octanol–water partition coefficient (Wildman–Crippen LogP) is 1.14. The quantitative estimate of drug-likeness (QED) is 0.806. The van der Waals surface area contributed by atoms with Crippen LogP contribution < -0.4 is 11.1 Å². The van der Waals surface area contributed by atoms with E-state index in [1.807, 2.05) is 20.8 Å². The van der Waals surface area contributed by atoms with Crippen molar-refractivity contribution in [3.05, 3.63) is 0 Å². The van der Waals surface area contributed by atoms with Crippen LogP contribution >= 0.6 is 0 Å². The summed E-state index contributed by atoms with van der Waals surface area (Å²) >= 11 is 0. The standard InChI is InChI=1S/C18H31N3O3/c1-9(2)15(23)20-13(17(3,4)5)16(24)21-8-10-11(18(10,6)7)12(21)14(19)22/h9-13H,8H2,1-7H3,(H2,19,22)(H,20,23)/t10?,11?,12?,13-/m1/s1. The highest BCUT2D eigenvalue weighted by Crippen LogP contribution is 2.64. The monoisotopic (exact) mass is 337 g/mol. The third kappa shape index (κ3) is 3.03. The molecule has 24 heavy (non-hydrogen) atoms. The first kappa shape index (κ1) is 18.7. The maximum Gasteiger partial charge on any atom is 0.246 e. The Kier molecular flexibility index (Phi) is 4.48. The molecule has 0 spiro atoms. The van der Waals surface area contributed by atoms with Gasteiger partial charge in [-0.1, -0.05) is 48.5 Å². The summed E-state index contributed by atoms with van der Waals surface area (Å²) in [5.74, 6) is -0.600. The number of primary amides is 1. The van der Waals surface area contributed by atoms with Crippen LogP contribution in [0.4, 0.5) is 0 Å². The van der Waals surface area contributed by atoms with Gasteiger partial charge in [-0.15, -0.1) is 0 Å². The molecule has 0 radical (unpaired) electrons. The van der Waals surface area contributed by atoms with Gasteiger partial charge in [0.15, 0.2) is 0 Å². The molecule has 6 heteroatoms. The van der Waals surface area contributed by atoms with E-state index < -0.39 is 23.4 Å². The summed E-state index contributed by atoms with van der Waals surface area (Å²) in [6.07, 6.45) is 0. The summed E-state index contributed by atoms with van der Waals surface area (Å²) < 4.78 is 0. The average Bonchev–Trinajstić information content (AvgIpc) is 2.82. The number of carbonyl (C=O) groups is 3. The third-order valence-corrected chi connectivity index (χ3v) is 5.71. The van der Waals surface area contributed by atoms with Gasteiger partial charge in [0.2, 0.25) is 17.7 Å². The van der Waals surface area contributed by atoms with Crippen LogP contribution in [0.25, 0.3) is 0 Å². The second-order valence-electron chi connectivity index (χ2n) is 9.25. The van der Waals surface area contributed by atoms with Gasteiger partial charge in [-0.3, -0.25) is 14.4 Å². The van der Waals surface area contributed by atoms with Crippen LogP contribution in [0, 0.1) is 28.6 Å². The van der Waals surface area contributed by atoms with E-state index in [0.29, 0.717) is 12.5 Å². The maximum atomic E-state index is 13.1. The zero-order chi connectivity index (χ0) is 18.6. The topological polar surface area (TPSA) is 92.5 Å². The molecule has 2 rings (SSSR count). The molecule has 1 aliphatic carbocycles. The molecule has 1 heterocycles. The van der Waals surface area contributed by atoms with Crippen LogP contribution in [0.1, 0.15) is 48.5 Å². The number of amides is 3. The number of fused-ring (bicyclic) bond motifs is 1. The number of nitrogens with one attached hydrogen (secondary N) is 1. The fourth-order valence-electron chi connectivity index (χ4n) is 3.96. The SMILES string of the molecule is CC(C)C(=O)N[C@H](C(=O)N1CC2C(C1C(N)=O)C2(C)C)C(C)(C)C. The fourth-order valence-corrected chi connectivity index (χ4v) is 3.96. The van der Waals surface area contributed by atoms with Gasteiger partial charge >= 0.3 is 0 Å². The van der Waals surface area contributed by atoms with Gasteiger partial charge < -0.3 is 16.0 Å². The lowest BCUT2D eigenvalue weighted by atomic mass is 9.85. The van der Waals surface area contributed by atoms with Crippen molar-refractivity contribution >= 4 is 17.7 Å². The summed E-state index contributed by atoms with van der Waals surface area (Å²) in [5.41, 5.74) is 5.20. The zero-order valence-corrected chi connectivity index (χ0v) is 15.8. The number of nitrogens with zero attached hydrogens (tertiary/aromatic N) is 1. The predicted molar refractivity (Wildman–Crippen MR) is 91.7 cm³/mol. The first-order chi connectivity index (χ1) is 10.8. The summed E-state index contributed by atoms with van der Waals surface area (Å²) in [4.78, 5) is 38.9. The molecule has 0 aromatic carbocycles. The van der Waals surface area contributed by atoms with E-state index in [-0.39, 0.29) is 29.1 Å². The molecule has 3 unspecified atom stereocenters. The zero-order valence-electron chi connectivity index (χ0n) is 15.8. The number of piperidine rings is 1. The number of rotatable bonds is 4. The lowest BCUT2D eigenvalue weighted by Gasteiger charge is -2.37. The molecule has 3 N–H and O–H groups in total. The van der Waals surface area contributed by atoms with Crippen LogP contribution in [-0.2, 0) is 14.4 Å². The molecule has 2 fully saturated rings. The van der Waals surface area contributed by atoms with Crippen LogP contribution in [0.15, 0.2) is 0 Å². The number of hydrogen-bond donors (Lipinski definition) is 2. The van der Waals surface area contributed by atoms with Gasteiger partial charge in [-0.2, -0.15) is 0 Å². The molecule has 1 saturated heterocycles. The summed E-state index contributed by atoms with van der Waals surface area (Å²) in [7, 11) is 0. The van der Waals surface area contributed by atoms with Crippen molar-refractivity contribution in [3.8, 4) is 0 Å². The smallest absolute Gasteiger partial charge is 0.246 e. The minimum atomic E-state index is -0.671. The van der Waals surface area contributed by atoms with Gasteiger partial charge in [0.05, 0.1) is 0 Å². The first-order valence-electron chi connectivity index (χ1n) is 8.70. The minimum Gasteiger partial charge on any atom is -0.368 e. The molecule has 0 bridgehead atoms. The third-order valence-electron chi connectivity index (χ3n) is 5.71. The van der Waals surface area contributed by atoms with Crippen molar-refractivity contribution in [2.45, 2.75) is 60.5 Å². The second-order valence-corrected chi connectivity index (χ2v) is 9.25. The van der Waals surface area contributed by atoms with Gasteiger partial charge in [-0.05, 0) is 22.7 Å². The van der Waals surface area contributed by atoms with Gasteiger partial charge in [0, 0.05) is 12.5 Å². The Balaban J connectivity index is 2.24. The summed E-state index contributed by atoms with van der Waals surface area (Å²) in [6.45, 7) is 14.1. The number of nitrogens with two attached hydrogens (primary N) is 1. The Morgan fingerprint density at radius 1 is 1.21 bits per heavy atom. The highest BCUT2D eigenvalue weighted by Gasteiger charge is 2.69. The lowest BCUT2D eigenvalue weighted by molar-refractivity contribution is -0.145. The van der Waals surface area contributed by atoms with E-state index in [9.17, 15) is 14.4 Å². The van der Waals surface area contributed by atoms with Crippen molar-refractivity contribution in [1.82, 2.24) is 10.2 Å². The molecule has 2 aliphatic rings. The Morgan fingerprint density at radius 2 is 1.75 bits per heavy atom.